The summed E-state index contributed by atoms with van der Waals surface area (Å²) in [5.41, 5.74) is -0.204. The number of hydrogen-bond acceptors (Lipinski definition) is 8. The average molecular weight is 546 g/mol. The zero-order chi connectivity index (χ0) is 27.6. The summed E-state index contributed by atoms with van der Waals surface area (Å²) in [6.07, 6.45) is 0.595. The van der Waals surface area contributed by atoms with Gasteiger partial charge in [0.2, 0.25) is 5.95 Å². The Kier molecular flexibility index (Phi) is 7.91. The van der Waals surface area contributed by atoms with Gasteiger partial charge in [-0.1, -0.05) is 23.9 Å². The zero-order valence-electron chi connectivity index (χ0n) is 21.2. The van der Waals surface area contributed by atoms with Crippen molar-refractivity contribution in [2.24, 2.45) is 0 Å². The number of amides is 1. The van der Waals surface area contributed by atoms with Crippen molar-refractivity contribution in [2.45, 2.75) is 50.2 Å². The summed E-state index contributed by atoms with van der Waals surface area (Å²) < 4.78 is 47.8. The van der Waals surface area contributed by atoms with Crippen molar-refractivity contribution < 1.29 is 27.5 Å². The van der Waals surface area contributed by atoms with Gasteiger partial charge in [0, 0.05) is 42.5 Å². The summed E-state index contributed by atoms with van der Waals surface area (Å²) in [4.78, 5) is 39.5. The van der Waals surface area contributed by atoms with E-state index in [0.717, 1.165) is 22.7 Å². The van der Waals surface area contributed by atoms with Crippen molar-refractivity contribution in [3.8, 4) is 11.4 Å². The molecule has 1 amide bonds. The summed E-state index contributed by atoms with van der Waals surface area (Å²) in [5, 5.41) is 2.66. The molecule has 0 spiro atoms. The summed E-state index contributed by atoms with van der Waals surface area (Å²) in [6.45, 7) is 6.83. The van der Waals surface area contributed by atoms with Crippen LogP contribution in [0.1, 0.15) is 39.2 Å². The molecule has 1 fully saturated rings. The normalized spacial score (nSPS) is 17.4. The molecule has 1 aromatic heterocycles. The van der Waals surface area contributed by atoms with Crippen LogP contribution in [0.2, 0.25) is 0 Å². The molecule has 1 N–H and O–H groups in total. The number of carbonyl (C=O) groups is 2. The third kappa shape index (κ3) is 6.60. The molecule has 2 heterocycles. The van der Waals surface area contributed by atoms with Gasteiger partial charge in [0.15, 0.2) is 22.6 Å². The first-order valence-electron chi connectivity index (χ1n) is 11.8. The Morgan fingerprint density at radius 3 is 2.50 bits per heavy atom. The minimum Gasteiger partial charge on any atom is -0.444 e. The van der Waals surface area contributed by atoms with E-state index < -0.39 is 41.1 Å². The number of halogens is 3. The Morgan fingerprint density at radius 1 is 1.05 bits per heavy atom. The molecule has 0 unspecified atom stereocenters. The SMILES string of the molecule is CC(=O)Sc1cccc(-c2ncnc(N3C[C@H](NC(=O)OC(C)(C)C)[C@@H](c4cc(F)c(F)cc4F)C3)n2)c1. The number of rotatable bonds is 5. The third-order valence-corrected chi connectivity index (χ3v) is 6.43. The number of nitrogens with zero attached hydrogens (tertiary/aromatic N) is 4. The van der Waals surface area contributed by atoms with E-state index in [1.807, 2.05) is 0 Å². The highest BCUT2D eigenvalue weighted by Crippen LogP contribution is 2.33. The highest BCUT2D eigenvalue weighted by Gasteiger charge is 2.39. The van der Waals surface area contributed by atoms with Crippen molar-refractivity contribution in [1.82, 2.24) is 20.3 Å². The number of benzene rings is 2. The monoisotopic (exact) mass is 545 g/mol. The Hall–Kier alpha value is -3.67. The van der Waals surface area contributed by atoms with Gasteiger partial charge in [-0.05, 0) is 44.5 Å². The van der Waals surface area contributed by atoms with Gasteiger partial charge >= 0.3 is 6.09 Å². The van der Waals surface area contributed by atoms with Crippen LogP contribution in [-0.4, -0.2) is 50.9 Å². The van der Waals surface area contributed by atoms with Gasteiger partial charge in [0.05, 0.1) is 6.04 Å². The smallest absolute Gasteiger partial charge is 0.407 e. The first-order chi connectivity index (χ1) is 17.9. The predicted molar refractivity (Wildman–Crippen MR) is 136 cm³/mol. The van der Waals surface area contributed by atoms with Crippen molar-refractivity contribution in [3.63, 3.8) is 0 Å². The fraction of sp³-hybridized carbons (Fsp3) is 0.346. The van der Waals surface area contributed by atoms with Crippen LogP contribution in [0.5, 0.6) is 0 Å². The highest BCUT2D eigenvalue weighted by atomic mass is 32.2. The van der Waals surface area contributed by atoms with Crippen molar-refractivity contribution in [3.05, 3.63) is 65.7 Å². The van der Waals surface area contributed by atoms with Crippen molar-refractivity contribution in [2.75, 3.05) is 18.0 Å². The number of nitrogens with one attached hydrogen (secondary N) is 1. The first kappa shape index (κ1) is 27.4. The summed E-state index contributed by atoms with van der Waals surface area (Å²) in [5.74, 6) is -3.58. The molecule has 2 atom stereocenters. The van der Waals surface area contributed by atoms with Gasteiger partial charge in [0.25, 0.3) is 0 Å². The molecule has 1 aliphatic heterocycles. The minimum absolute atomic E-state index is 0.0606. The van der Waals surface area contributed by atoms with Gasteiger partial charge < -0.3 is 15.0 Å². The number of alkyl carbamates (subject to hydrolysis) is 1. The van der Waals surface area contributed by atoms with Crippen LogP contribution < -0.4 is 10.2 Å². The van der Waals surface area contributed by atoms with E-state index in [4.69, 9.17) is 4.74 Å². The van der Waals surface area contributed by atoms with E-state index in [1.54, 1.807) is 49.9 Å². The molecule has 8 nitrogen and oxygen atoms in total. The van der Waals surface area contributed by atoms with E-state index in [-0.39, 0.29) is 29.7 Å². The van der Waals surface area contributed by atoms with Gasteiger partial charge in [-0.25, -0.2) is 27.9 Å². The van der Waals surface area contributed by atoms with Crippen molar-refractivity contribution in [1.29, 1.82) is 0 Å². The molecule has 38 heavy (non-hydrogen) atoms. The highest BCUT2D eigenvalue weighted by molar-refractivity contribution is 8.13. The molecular formula is C26H26F3N5O3S. The van der Waals surface area contributed by atoms with E-state index in [0.29, 0.717) is 17.5 Å². The number of ether oxygens (including phenoxy) is 1. The molecule has 200 valence electrons. The van der Waals surface area contributed by atoms with Crippen LogP contribution in [0.3, 0.4) is 0 Å². The van der Waals surface area contributed by atoms with Crippen LogP contribution in [0.15, 0.2) is 47.6 Å². The summed E-state index contributed by atoms with van der Waals surface area (Å²) >= 11 is 1.08. The number of hydrogen-bond donors (Lipinski definition) is 1. The lowest BCUT2D eigenvalue weighted by atomic mass is 9.93. The molecule has 0 aliphatic carbocycles. The Labute approximate surface area is 222 Å². The lowest BCUT2D eigenvalue weighted by molar-refractivity contribution is -0.109. The topological polar surface area (TPSA) is 97.3 Å². The maximum atomic E-state index is 14.8. The first-order valence-corrected chi connectivity index (χ1v) is 12.6. The number of anilines is 1. The van der Waals surface area contributed by atoms with Crippen LogP contribution in [-0.2, 0) is 9.53 Å². The summed E-state index contributed by atoms with van der Waals surface area (Å²) in [6, 6.07) is 7.72. The van der Waals surface area contributed by atoms with Crippen LogP contribution in [0.25, 0.3) is 11.4 Å². The maximum absolute atomic E-state index is 14.8. The van der Waals surface area contributed by atoms with Gasteiger partial charge in [-0.3, -0.25) is 4.79 Å². The number of thioether (sulfide) groups is 1. The van der Waals surface area contributed by atoms with Gasteiger partial charge in [-0.2, -0.15) is 4.98 Å². The average Bonchev–Trinajstić information content (AvgIpc) is 3.23. The second-order valence-electron chi connectivity index (χ2n) is 9.78. The van der Waals surface area contributed by atoms with Crippen LogP contribution >= 0.6 is 11.8 Å². The van der Waals surface area contributed by atoms with E-state index in [2.05, 4.69) is 20.3 Å². The summed E-state index contributed by atoms with van der Waals surface area (Å²) in [7, 11) is 0. The second kappa shape index (κ2) is 11.0. The fourth-order valence-corrected chi connectivity index (χ4v) is 4.82. The van der Waals surface area contributed by atoms with E-state index in [9.17, 15) is 22.8 Å². The van der Waals surface area contributed by atoms with Crippen molar-refractivity contribution >= 4 is 28.9 Å². The van der Waals surface area contributed by atoms with Gasteiger partial charge in [0.1, 0.15) is 17.7 Å². The molecule has 1 saturated heterocycles. The molecule has 12 heteroatoms. The minimum atomic E-state index is -1.30. The molecular weight excluding hydrogens is 519 g/mol. The zero-order valence-corrected chi connectivity index (χ0v) is 22.0. The standard InChI is InChI=1S/C26H26F3N5O3S/c1-14(35)38-16-7-5-6-15(8-16)23-30-13-31-24(33-23)34-11-18(17-9-20(28)21(29)10-19(17)27)22(12-34)32-25(36)37-26(2,3)4/h5-10,13,18,22H,11-12H2,1-4H3,(H,32,36)/t18-,22+/m1/s1. The van der Waals surface area contributed by atoms with E-state index in [1.165, 1.54) is 13.3 Å². The lowest BCUT2D eigenvalue weighted by Gasteiger charge is -2.24. The Morgan fingerprint density at radius 2 is 1.79 bits per heavy atom. The molecule has 3 aromatic rings. The lowest BCUT2D eigenvalue weighted by Crippen LogP contribution is -2.43. The van der Waals surface area contributed by atoms with Gasteiger partial charge in [-0.15, -0.1) is 0 Å². The molecule has 0 bridgehead atoms. The Balaban J connectivity index is 1.64. The maximum Gasteiger partial charge on any atom is 0.407 e. The molecule has 0 saturated carbocycles. The number of carbonyl (C=O) groups excluding carboxylic acids is 2. The fourth-order valence-electron chi connectivity index (χ4n) is 4.15. The third-order valence-electron chi connectivity index (χ3n) is 5.66. The molecule has 4 rings (SSSR count). The molecule has 1 aliphatic rings. The Bertz CT molecular complexity index is 1370. The quantitative estimate of drug-likeness (QED) is 0.350. The predicted octanol–water partition coefficient (Wildman–Crippen LogP) is 5.09. The second-order valence-corrected chi connectivity index (χ2v) is 11.0. The van der Waals surface area contributed by atoms with E-state index >= 15 is 0 Å². The number of aromatic nitrogens is 3. The molecule has 0 radical (unpaired) electrons. The van der Waals surface area contributed by atoms with Crippen LogP contribution in [0, 0.1) is 17.5 Å². The molecule has 2 aromatic carbocycles. The van der Waals surface area contributed by atoms with Crippen LogP contribution in [0.4, 0.5) is 23.9 Å². The largest absolute Gasteiger partial charge is 0.444 e.